The average Bonchev–Trinajstić information content (AvgIpc) is 2.58. The van der Waals surface area contributed by atoms with Gasteiger partial charge in [-0.25, -0.2) is 0 Å². The van der Waals surface area contributed by atoms with Crippen molar-refractivity contribution in [1.29, 1.82) is 0 Å². The van der Waals surface area contributed by atoms with Gasteiger partial charge in [-0.05, 0) is 71.6 Å². The van der Waals surface area contributed by atoms with Crippen LogP contribution in [0.25, 0.3) is 0 Å². The van der Waals surface area contributed by atoms with E-state index in [4.69, 9.17) is 4.74 Å². The minimum Gasteiger partial charge on any atom is -0.497 e. The summed E-state index contributed by atoms with van der Waals surface area (Å²) in [5.74, 6) is 0.639. The first-order chi connectivity index (χ1) is 11.5. The zero-order valence-corrected chi connectivity index (χ0v) is 15.9. The molecule has 0 fully saturated rings. The van der Waals surface area contributed by atoms with E-state index in [2.05, 4.69) is 27.9 Å². The first-order valence-electron chi connectivity index (χ1n) is 7.54. The van der Waals surface area contributed by atoms with Crippen molar-refractivity contribution >= 4 is 34.2 Å². The van der Waals surface area contributed by atoms with E-state index < -0.39 is 0 Å². The molecule has 0 aromatic heterocycles. The van der Waals surface area contributed by atoms with E-state index in [-0.39, 0.29) is 25.1 Å². The van der Waals surface area contributed by atoms with E-state index in [9.17, 15) is 9.90 Å². The van der Waals surface area contributed by atoms with E-state index in [0.717, 1.165) is 20.6 Å². The third kappa shape index (κ3) is 5.19. The molecule has 0 radical (unpaired) electrons. The second-order valence-electron chi connectivity index (χ2n) is 5.44. The van der Waals surface area contributed by atoms with Crippen molar-refractivity contribution in [2.45, 2.75) is 6.04 Å². The summed E-state index contributed by atoms with van der Waals surface area (Å²) in [7, 11) is 3.43. The fourth-order valence-corrected chi connectivity index (χ4v) is 2.76. The summed E-state index contributed by atoms with van der Waals surface area (Å²) in [6.45, 7) is 0.114. The Balaban J connectivity index is 1.98. The predicted octanol–water partition coefficient (Wildman–Crippen LogP) is 2.90. The van der Waals surface area contributed by atoms with Crippen LogP contribution in [-0.2, 0) is 4.79 Å². The third-order valence-electron chi connectivity index (χ3n) is 3.73. The first-order valence-corrected chi connectivity index (χ1v) is 8.62. The molecule has 2 N–H and O–H groups in total. The SMILES string of the molecule is COc1ccc(C(CO)N(C)CC(=O)Nc2ccc(I)cc2)cc1. The van der Waals surface area contributed by atoms with Gasteiger partial charge in [-0.2, -0.15) is 0 Å². The molecular formula is C18H21IN2O3. The Kier molecular flexibility index (Phi) is 7.01. The Bertz CT molecular complexity index is 659. The van der Waals surface area contributed by atoms with Crippen molar-refractivity contribution in [1.82, 2.24) is 4.90 Å². The summed E-state index contributed by atoms with van der Waals surface area (Å²) in [6.07, 6.45) is 0. The fraction of sp³-hybridized carbons (Fsp3) is 0.278. The summed E-state index contributed by atoms with van der Waals surface area (Å²) in [5.41, 5.74) is 1.70. The molecular weight excluding hydrogens is 419 g/mol. The number of hydrogen-bond acceptors (Lipinski definition) is 4. The molecule has 0 aliphatic rings. The Hall–Kier alpha value is -1.64. The molecule has 6 heteroatoms. The number of aliphatic hydroxyl groups is 1. The van der Waals surface area contributed by atoms with Gasteiger partial charge in [-0.3, -0.25) is 9.69 Å². The van der Waals surface area contributed by atoms with Crippen LogP contribution in [-0.4, -0.2) is 43.2 Å². The number of methoxy groups -OCH3 is 1. The van der Waals surface area contributed by atoms with Gasteiger partial charge in [0.05, 0.1) is 26.3 Å². The first kappa shape index (κ1) is 18.7. The van der Waals surface area contributed by atoms with Crippen LogP contribution in [0.2, 0.25) is 0 Å². The minimum absolute atomic E-state index is 0.0698. The highest BCUT2D eigenvalue weighted by Gasteiger charge is 2.18. The predicted molar refractivity (Wildman–Crippen MR) is 103 cm³/mol. The van der Waals surface area contributed by atoms with Gasteiger partial charge in [0, 0.05) is 9.26 Å². The molecule has 2 aromatic rings. The van der Waals surface area contributed by atoms with Crippen LogP contribution in [0.5, 0.6) is 5.75 Å². The molecule has 2 rings (SSSR count). The molecule has 0 spiro atoms. The van der Waals surface area contributed by atoms with Crippen molar-refractivity contribution in [2.24, 2.45) is 0 Å². The molecule has 1 unspecified atom stereocenters. The monoisotopic (exact) mass is 440 g/mol. The number of carbonyl (C=O) groups is 1. The van der Waals surface area contributed by atoms with Crippen LogP contribution >= 0.6 is 22.6 Å². The highest BCUT2D eigenvalue weighted by molar-refractivity contribution is 14.1. The number of ether oxygens (including phenoxy) is 1. The summed E-state index contributed by atoms with van der Waals surface area (Å²) in [5, 5.41) is 12.6. The lowest BCUT2D eigenvalue weighted by Gasteiger charge is -2.26. The van der Waals surface area contributed by atoms with E-state index >= 15 is 0 Å². The van der Waals surface area contributed by atoms with Gasteiger partial charge in [-0.1, -0.05) is 12.1 Å². The van der Waals surface area contributed by atoms with Crippen LogP contribution in [0.3, 0.4) is 0 Å². The number of hydrogen-bond donors (Lipinski definition) is 2. The Morgan fingerprint density at radius 1 is 1.21 bits per heavy atom. The molecule has 2 aromatic carbocycles. The topological polar surface area (TPSA) is 61.8 Å². The van der Waals surface area contributed by atoms with Crippen LogP contribution in [0.15, 0.2) is 48.5 Å². The van der Waals surface area contributed by atoms with Crippen molar-refractivity contribution in [3.8, 4) is 5.75 Å². The summed E-state index contributed by atoms with van der Waals surface area (Å²) < 4.78 is 6.26. The fourth-order valence-electron chi connectivity index (χ4n) is 2.40. The van der Waals surface area contributed by atoms with Gasteiger partial charge in [0.1, 0.15) is 5.75 Å². The Morgan fingerprint density at radius 3 is 2.38 bits per heavy atom. The van der Waals surface area contributed by atoms with Gasteiger partial charge >= 0.3 is 0 Å². The Labute approximate surface area is 155 Å². The van der Waals surface area contributed by atoms with Crippen molar-refractivity contribution in [3.63, 3.8) is 0 Å². The number of aliphatic hydroxyl groups excluding tert-OH is 1. The minimum atomic E-state index is -0.252. The van der Waals surface area contributed by atoms with Gasteiger partial charge < -0.3 is 15.2 Å². The summed E-state index contributed by atoms with van der Waals surface area (Å²) >= 11 is 2.22. The number of halogens is 1. The average molecular weight is 440 g/mol. The molecule has 128 valence electrons. The zero-order chi connectivity index (χ0) is 17.5. The number of benzene rings is 2. The van der Waals surface area contributed by atoms with Gasteiger partial charge in [0.25, 0.3) is 0 Å². The van der Waals surface area contributed by atoms with Crippen LogP contribution in [0.4, 0.5) is 5.69 Å². The van der Waals surface area contributed by atoms with Crippen LogP contribution < -0.4 is 10.1 Å². The molecule has 5 nitrogen and oxygen atoms in total. The molecule has 1 amide bonds. The maximum absolute atomic E-state index is 12.2. The van der Waals surface area contributed by atoms with Crippen molar-refractivity contribution in [2.75, 3.05) is 32.6 Å². The normalized spacial score (nSPS) is 12.0. The lowest BCUT2D eigenvalue weighted by Crippen LogP contribution is -2.34. The molecule has 0 bridgehead atoms. The van der Waals surface area contributed by atoms with E-state index in [0.29, 0.717) is 0 Å². The molecule has 1 atom stereocenters. The quantitative estimate of drug-likeness (QED) is 0.651. The highest BCUT2D eigenvalue weighted by atomic mass is 127. The number of rotatable bonds is 7. The molecule has 0 saturated carbocycles. The van der Waals surface area contributed by atoms with E-state index in [1.165, 1.54) is 0 Å². The highest BCUT2D eigenvalue weighted by Crippen LogP contribution is 2.21. The van der Waals surface area contributed by atoms with E-state index in [1.54, 1.807) is 7.11 Å². The standard InChI is InChI=1S/C18H21IN2O3/c1-21(11-18(23)20-15-7-5-14(19)6-8-15)17(12-22)13-3-9-16(24-2)10-4-13/h3-10,17,22H,11-12H2,1-2H3,(H,20,23). The number of nitrogens with zero attached hydrogens (tertiary/aromatic N) is 1. The number of amides is 1. The number of nitrogens with one attached hydrogen (secondary N) is 1. The van der Waals surface area contributed by atoms with Crippen molar-refractivity contribution in [3.05, 3.63) is 57.7 Å². The van der Waals surface area contributed by atoms with Crippen molar-refractivity contribution < 1.29 is 14.6 Å². The van der Waals surface area contributed by atoms with E-state index in [1.807, 2.05) is 60.5 Å². The number of carbonyl (C=O) groups excluding carboxylic acids is 1. The molecule has 0 heterocycles. The lowest BCUT2D eigenvalue weighted by molar-refractivity contribution is -0.117. The Morgan fingerprint density at radius 2 is 1.83 bits per heavy atom. The van der Waals surface area contributed by atoms with Gasteiger partial charge in [0.15, 0.2) is 0 Å². The number of anilines is 1. The molecule has 24 heavy (non-hydrogen) atoms. The molecule has 0 aliphatic heterocycles. The maximum Gasteiger partial charge on any atom is 0.238 e. The lowest BCUT2D eigenvalue weighted by atomic mass is 10.1. The van der Waals surface area contributed by atoms with Crippen LogP contribution in [0, 0.1) is 3.57 Å². The van der Waals surface area contributed by atoms with Crippen LogP contribution in [0.1, 0.15) is 11.6 Å². The second kappa shape index (κ2) is 9.00. The number of likely N-dealkylation sites (N-methyl/N-ethyl adjacent to an activating group) is 1. The van der Waals surface area contributed by atoms with Gasteiger partial charge in [-0.15, -0.1) is 0 Å². The largest absolute Gasteiger partial charge is 0.497 e. The third-order valence-corrected chi connectivity index (χ3v) is 4.45. The maximum atomic E-state index is 12.2. The molecule has 0 saturated heterocycles. The molecule has 0 aliphatic carbocycles. The summed E-state index contributed by atoms with van der Waals surface area (Å²) in [6, 6.07) is 14.8. The smallest absolute Gasteiger partial charge is 0.238 e. The zero-order valence-electron chi connectivity index (χ0n) is 13.7. The summed E-state index contributed by atoms with van der Waals surface area (Å²) in [4.78, 5) is 14.0. The van der Waals surface area contributed by atoms with Gasteiger partial charge in [0.2, 0.25) is 5.91 Å². The second-order valence-corrected chi connectivity index (χ2v) is 6.69.